The van der Waals surface area contributed by atoms with Crippen molar-refractivity contribution < 1.29 is 14.6 Å². The smallest absolute Gasteiger partial charge is 0.248 e. The summed E-state index contributed by atoms with van der Waals surface area (Å²) < 4.78 is 5.31. The Kier molecular flexibility index (Phi) is 5.65. The molecule has 4 heteroatoms. The van der Waals surface area contributed by atoms with Crippen LogP contribution in [0.1, 0.15) is 18.1 Å². The molecule has 1 N–H and O–H groups in total. The Hall–Kier alpha value is -1.55. The highest BCUT2D eigenvalue weighted by atomic mass is 16.5. The number of aliphatic hydroxyl groups excluding tert-OH is 1. The molecule has 0 radical (unpaired) electrons. The number of carbonyl (C=O) groups is 1. The second-order valence-corrected chi connectivity index (χ2v) is 4.22. The number of hydrogen-bond donors (Lipinski definition) is 1. The molecular weight excluding hydrogens is 230 g/mol. The molecule has 0 saturated carbocycles. The molecule has 4 nitrogen and oxygen atoms in total. The van der Waals surface area contributed by atoms with Gasteiger partial charge in [-0.2, -0.15) is 0 Å². The van der Waals surface area contributed by atoms with Gasteiger partial charge in [0, 0.05) is 13.6 Å². The van der Waals surface area contributed by atoms with Gasteiger partial charge in [-0.3, -0.25) is 4.79 Å². The lowest BCUT2D eigenvalue weighted by atomic mass is 10.0. The van der Waals surface area contributed by atoms with Crippen LogP contribution in [-0.2, 0) is 17.6 Å². The van der Waals surface area contributed by atoms with Crippen molar-refractivity contribution in [1.82, 2.24) is 4.90 Å². The lowest BCUT2D eigenvalue weighted by Gasteiger charge is -2.17. The van der Waals surface area contributed by atoms with Gasteiger partial charge < -0.3 is 14.7 Å². The van der Waals surface area contributed by atoms with Crippen LogP contribution in [0.5, 0.6) is 5.75 Å². The van der Waals surface area contributed by atoms with E-state index in [4.69, 9.17) is 9.84 Å². The van der Waals surface area contributed by atoms with Gasteiger partial charge in [-0.15, -0.1) is 0 Å². The van der Waals surface area contributed by atoms with Crippen molar-refractivity contribution in [1.29, 1.82) is 0 Å². The minimum atomic E-state index is -0.442. The highest BCUT2D eigenvalue weighted by Crippen LogP contribution is 2.21. The van der Waals surface area contributed by atoms with Gasteiger partial charge in [0.05, 0.1) is 7.11 Å². The van der Waals surface area contributed by atoms with E-state index >= 15 is 0 Å². The molecule has 0 fully saturated rings. The van der Waals surface area contributed by atoms with Gasteiger partial charge in [-0.05, 0) is 30.0 Å². The molecule has 0 aromatic heterocycles. The van der Waals surface area contributed by atoms with Crippen LogP contribution < -0.4 is 4.74 Å². The first kappa shape index (κ1) is 14.5. The van der Waals surface area contributed by atoms with Crippen molar-refractivity contribution in [3.05, 3.63) is 29.3 Å². The minimum Gasteiger partial charge on any atom is -0.496 e. The number of rotatable bonds is 6. The molecule has 18 heavy (non-hydrogen) atoms. The number of aryl methyl sites for hydroxylation is 1. The Labute approximate surface area is 108 Å². The Morgan fingerprint density at radius 3 is 2.72 bits per heavy atom. The molecule has 1 aromatic rings. The number of methoxy groups -OCH3 is 1. The maximum Gasteiger partial charge on any atom is 0.248 e. The van der Waals surface area contributed by atoms with Crippen LogP contribution in [0.3, 0.4) is 0 Å². The van der Waals surface area contributed by atoms with Crippen LogP contribution in [-0.4, -0.2) is 43.2 Å². The number of hydrogen-bond acceptors (Lipinski definition) is 3. The van der Waals surface area contributed by atoms with Gasteiger partial charge in [0.2, 0.25) is 5.91 Å². The summed E-state index contributed by atoms with van der Waals surface area (Å²) in [7, 11) is 3.34. The predicted octanol–water partition coefficient (Wildman–Crippen LogP) is 1.25. The van der Waals surface area contributed by atoms with E-state index in [1.54, 1.807) is 14.2 Å². The Balaban J connectivity index is 2.73. The quantitative estimate of drug-likeness (QED) is 0.828. The molecule has 0 atom stereocenters. The number of amides is 1. The second kappa shape index (κ2) is 7.01. The fraction of sp³-hybridized carbons (Fsp3) is 0.500. The average molecular weight is 251 g/mol. The van der Waals surface area contributed by atoms with Gasteiger partial charge >= 0.3 is 0 Å². The number of carbonyl (C=O) groups excluding carboxylic acids is 1. The Morgan fingerprint density at radius 2 is 2.17 bits per heavy atom. The van der Waals surface area contributed by atoms with E-state index in [1.165, 1.54) is 10.5 Å². The molecule has 1 aromatic carbocycles. The topological polar surface area (TPSA) is 49.8 Å². The number of ether oxygens (including phenoxy) is 1. The first-order chi connectivity index (χ1) is 8.62. The first-order valence-corrected chi connectivity index (χ1v) is 6.13. The maximum atomic E-state index is 11.3. The molecule has 1 amide bonds. The van der Waals surface area contributed by atoms with Crippen molar-refractivity contribution in [2.75, 3.05) is 27.3 Å². The van der Waals surface area contributed by atoms with Gasteiger partial charge in [0.15, 0.2) is 0 Å². The summed E-state index contributed by atoms with van der Waals surface area (Å²) in [6, 6.07) is 6.11. The van der Waals surface area contributed by atoms with E-state index in [0.29, 0.717) is 6.54 Å². The van der Waals surface area contributed by atoms with E-state index in [2.05, 4.69) is 13.0 Å². The number of aliphatic hydroxyl groups is 1. The van der Waals surface area contributed by atoms with E-state index in [1.807, 2.05) is 12.1 Å². The molecular formula is C14H21NO3. The minimum absolute atomic E-state index is 0.263. The van der Waals surface area contributed by atoms with Crippen LogP contribution in [0.25, 0.3) is 0 Å². The third kappa shape index (κ3) is 3.74. The van der Waals surface area contributed by atoms with E-state index in [9.17, 15) is 4.79 Å². The zero-order valence-electron chi connectivity index (χ0n) is 11.3. The summed E-state index contributed by atoms with van der Waals surface area (Å²) in [4.78, 5) is 12.8. The van der Waals surface area contributed by atoms with Gasteiger partial charge in [0.1, 0.15) is 12.4 Å². The van der Waals surface area contributed by atoms with Crippen molar-refractivity contribution in [2.45, 2.75) is 19.8 Å². The lowest BCUT2D eigenvalue weighted by Crippen LogP contribution is -2.31. The number of likely N-dealkylation sites (N-methyl/N-ethyl adjacent to an activating group) is 1. The first-order valence-electron chi connectivity index (χ1n) is 6.13. The SMILES string of the molecule is CCc1ccc(OC)c(CCN(C)C(=O)CO)c1. The fourth-order valence-corrected chi connectivity index (χ4v) is 1.78. The molecule has 100 valence electrons. The number of benzene rings is 1. The molecule has 0 aliphatic carbocycles. The summed E-state index contributed by atoms with van der Waals surface area (Å²) in [6.07, 6.45) is 1.70. The molecule has 1 rings (SSSR count). The average Bonchev–Trinajstić information content (AvgIpc) is 2.43. The molecule has 0 heterocycles. The monoisotopic (exact) mass is 251 g/mol. The highest BCUT2D eigenvalue weighted by molar-refractivity contribution is 5.76. The number of nitrogens with zero attached hydrogens (tertiary/aromatic N) is 1. The van der Waals surface area contributed by atoms with Gasteiger partial charge in [-0.25, -0.2) is 0 Å². The third-order valence-corrected chi connectivity index (χ3v) is 3.03. The largest absolute Gasteiger partial charge is 0.496 e. The van der Waals surface area contributed by atoms with Crippen molar-refractivity contribution >= 4 is 5.91 Å². The molecule has 0 aliphatic rings. The Morgan fingerprint density at radius 1 is 1.44 bits per heavy atom. The zero-order chi connectivity index (χ0) is 13.5. The summed E-state index contributed by atoms with van der Waals surface area (Å²) in [5.41, 5.74) is 2.34. The zero-order valence-corrected chi connectivity index (χ0v) is 11.3. The van der Waals surface area contributed by atoms with Crippen LogP contribution in [0, 0.1) is 0 Å². The van der Waals surface area contributed by atoms with Crippen LogP contribution >= 0.6 is 0 Å². The van der Waals surface area contributed by atoms with Crippen molar-refractivity contribution in [3.63, 3.8) is 0 Å². The van der Waals surface area contributed by atoms with Crippen molar-refractivity contribution in [3.8, 4) is 5.75 Å². The summed E-state index contributed by atoms with van der Waals surface area (Å²) in [6.45, 7) is 2.23. The third-order valence-electron chi connectivity index (χ3n) is 3.03. The molecule has 0 unspecified atom stereocenters. The van der Waals surface area contributed by atoms with Crippen LogP contribution in [0.15, 0.2) is 18.2 Å². The lowest BCUT2D eigenvalue weighted by molar-refractivity contribution is -0.132. The van der Waals surface area contributed by atoms with E-state index in [0.717, 1.165) is 24.2 Å². The molecule has 0 aliphatic heterocycles. The highest BCUT2D eigenvalue weighted by Gasteiger charge is 2.09. The summed E-state index contributed by atoms with van der Waals surface area (Å²) in [5.74, 6) is 0.581. The predicted molar refractivity (Wildman–Crippen MR) is 70.8 cm³/mol. The fourth-order valence-electron chi connectivity index (χ4n) is 1.78. The van der Waals surface area contributed by atoms with E-state index < -0.39 is 6.61 Å². The standard InChI is InChI=1S/C14H21NO3/c1-4-11-5-6-13(18-3)12(9-11)7-8-15(2)14(17)10-16/h5-6,9,16H,4,7-8,10H2,1-3H3. The maximum absolute atomic E-state index is 11.3. The van der Waals surface area contributed by atoms with Crippen LogP contribution in [0.4, 0.5) is 0 Å². The Bertz CT molecular complexity index is 404. The molecule has 0 spiro atoms. The van der Waals surface area contributed by atoms with Gasteiger partial charge in [-0.1, -0.05) is 19.1 Å². The molecule has 0 bridgehead atoms. The van der Waals surface area contributed by atoms with E-state index in [-0.39, 0.29) is 5.91 Å². The van der Waals surface area contributed by atoms with Gasteiger partial charge in [0.25, 0.3) is 0 Å². The summed E-state index contributed by atoms with van der Waals surface area (Å²) >= 11 is 0. The second-order valence-electron chi connectivity index (χ2n) is 4.22. The normalized spacial score (nSPS) is 10.2. The summed E-state index contributed by atoms with van der Waals surface area (Å²) in [5, 5.41) is 8.77. The molecule has 0 saturated heterocycles. The van der Waals surface area contributed by atoms with Crippen LogP contribution in [0.2, 0.25) is 0 Å². The van der Waals surface area contributed by atoms with Crippen molar-refractivity contribution in [2.24, 2.45) is 0 Å².